The van der Waals surface area contributed by atoms with Crippen LogP contribution in [0.3, 0.4) is 0 Å². The van der Waals surface area contributed by atoms with Crippen LogP contribution >= 0.6 is 0 Å². The molecule has 0 heterocycles. The van der Waals surface area contributed by atoms with Gasteiger partial charge in [0.1, 0.15) is 5.54 Å². The zero-order valence-electron chi connectivity index (χ0n) is 11.5. The normalized spacial score (nSPS) is 14.4. The van der Waals surface area contributed by atoms with Gasteiger partial charge in [0, 0.05) is 0 Å². The molecule has 1 atom stereocenters. The third-order valence-corrected chi connectivity index (χ3v) is 3.61. The summed E-state index contributed by atoms with van der Waals surface area (Å²) in [5, 5.41) is 9.47. The van der Waals surface area contributed by atoms with Gasteiger partial charge in [0.25, 0.3) is 0 Å². The Morgan fingerprint density at radius 3 is 2.44 bits per heavy atom. The zero-order chi connectivity index (χ0) is 13.6. The number of carboxylic acid groups (broad SMARTS) is 1. The lowest BCUT2D eigenvalue weighted by Crippen LogP contribution is -2.51. The molecule has 1 rings (SSSR count). The van der Waals surface area contributed by atoms with Crippen molar-refractivity contribution in [3.8, 4) is 0 Å². The minimum absolute atomic E-state index is 0.628. The Labute approximate surface area is 109 Å². The molecule has 0 radical (unpaired) electrons. The molecule has 0 aromatic heterocycles. The van der Waals surface area contributed by atoms with E-state index in [0.29, 0.717) is 6.42 Å². The average Bonchev–Trinajstić information content (AvgIpc) is 2.37. The van der Waals surface area contributed by atoms with Crippen molar-refractivity contribution in [1.82, 2.24) is 4.90 Å². The quantitative estimate of drug-likeness (QED) is 0.807. The van der Waals surface area contributed by atoms with E-state index in [9.17, 15) is 9.90 Å². The van der Waals surface area contributed by atoms with E-state index in [1.807, 2.05) is 49.2 Å². The Morgan fingerprint density at radius 1 is 1.33 bits per heavy atom. The second-order valence-electron chi connectivity index (χ2n) is 4.99. The first-order valence-corrected chi connectivity index (χ1v) is 6.49. The smallest absolute Gasteiger partial charge is 0.323 e. The van der Waals surface area contributed by atoms with Crippen LogP contribution in [0.25, 0.3) is 0 Å². The number of aliphatic carboxylic acids is 1. The van der Waals surface area contributed by atoms with E-state index < -0.39 is 11.5 Å². The lowest BCUT2D eigenvalue weighted by Gasteiger charge is -2.35. The minimum Gasteiger partial charge on any atom is -0.480 e. The number of nitrogens with zero attached hydrogens (tertiary/aromatic N) is 1. The van der Waals surface area contributed by atoms with Gasteiger partial charge in [0.2, 0.25) is 0 Å². The van der Waals surface area contributed by atoms with E-state index in [1.165, 1.54) is 5.56 Å². The molecule has 0 aliphatic carbocycles. The van der Waals surface area contributed by atoms with Gasteiger partial charge in [-0.25, -0.2) is 0 Å². The molecule has 0 bridgehead atoms. The van der Waals surface area contributed by atoms with Crippen molar-refractivity contribution in [2.24, 2.45) is 0 Å². The Morgan fingerprint density at radius 2 is 1.94 bits per heavy atom. The van der Waals surface area contributed by atoms with Gasteiger partial charge in [-0.3, -0.25) is 9.69 Å². The van der Waals surface area contributed by atoms with Crippen LogP contribution in [0.5, 0.6) is 0 Å². The van der Waals surface area contributed by atoms with Gasteiger partial charge < -0.3 is 5.11 Å². The summed E-state index contributed by atoms with van der Waals surface area (Å²) in [6.07, 6.45) is 2.38. The highest BCUT2D eigenvalue weighted by atomic mass is 16.4. The number of likely N-dealkylation sites (N-methyl/N-ethyl adjacent to an activating group) is 1. The van der Waals surface area contributed by atoms with Crippen LogP contribution in [-0.4, -0.2) is 35.1 Å². The summed E-state index contributed by atoms with van der Waals surface area (Å²) < 4.78 is 0. The zero-order valence-corrected chi connectivity index (χ0v) is 11.5. The van der Waals surface area contributed by atoms with Crippen LogP contribution < -0.4 is 0 Å². The molecule has 0 amide bonds. The van der Waals surface area contributed by atoms with Gasteiger partial charge in [-0.05, 0) is 45.3 Å². The fourth-order valence-electron chi connectivity index (χ4n) is 2.08. The number of aryl methyl sites for hydroxylation is 1. The second kappa shape index (κ2) is 6.55. The lowest BCUT2D eigenvalue weighted by molar-refractivity contribution is -0.150. The van der Waals surface area contributed by atoms with Crippen molar-refractivity contribution in [2.75, 3.05) is 13.6 Å². The maximum atomic E-state index is 11.5. The monoisotopic (exact) mass is 249 g/mol. The highest BCUT2D eigenvalue weighted by Gasteiger charge is 2.36. The molecule has 0 spiro atoms. The third-order valence-electron chi connectivity index (χ3n) is 3.61. The largest absolute Gasteiger partial charge is 0.480 e. The topological polar surface area (TPSA) is 40.5 Å². The van der Waals surface area contributed by atoms with Crippen molar-refractivity contribution in [3.05, 3.63) is 35.9 Å². The molecule has 1 aromatic carbocycles. The predicted molar refractivity (Wildman–Crippen MR) is 73.7 cm³/mol. The first kappa shape index (κ1) is 14.7. The molecule has 0 aliphatic rings. The molecule has 18 heavy (non-hydrogen) atoms. The Balaban J connectivity index is 2.71. The maximum absolute atomic E-state index is 11.5. The van der Waals surface area contributed by atoms with E-state index in [0.717, 1.165) is 19.4 Å². The summed E-state index contributed by atoms with van der Waals surface area (Å²) >= 11 is 0. The van der Waals surface area contributed by atoms with Crippen LogP contribution in [0.4, 0.5) is 0 Å². The van der Waals surface area contributed by atoms with Crippen molar-refractivity contribution in [2.45, 2.75) is 38.6 Å². The van der Waals surface area contributed by atoms with Gasteiger partial charge in [-0.15, -0.1) is 0 Å². The summed E-state index contributed by atoms with van der Waals surface area (Å²) in [5.74, 6) is -0.741. The predicted octanol–water partition coefficient (Wildman–Crippen LogP) is 2.80. The van der Waals surface area contributed by atoms with Crippen LogP contribution in [0.2, 0.25) is 0 Å². The van der Waals surface area contributed by atoms with E-state index in [-0.39, 0.29) is 0 Å². The summed E-state index contributed by atoms with van der Waals surface area (Å²) in [7, 11) is 1.89. The fourth-order valence-corrected chi connectivity index (χ4v) is 2.08. The molecule has 1 N–H and O–H groups in total. The van der Waals surface area contributed by atoms with Crippen LogP contribution in [0.1, 0.15) is 32.3 Å². The van der Waals surface area contributed by atoms with Crippen molar-refractivity contribution >= 4 is 5.97 Å². The van der Waals surface area contributed by atoms with Crippen molar-refractivity contribution < 1.29 is 9.90 Å². The van der Waals surface area contributed by atoms with Gasteiger partial charge >= 0.3 is 5.97 Å². The van der Waals surface area contributed by atoms with E-state index in [4.69, 9.17) is 0 Å². The molecular weight excluding hydrogens is 226 g/mol. The third kappa shape index (κ3) is 3.57. The molecule has 0 saturated heterocycles. The first-order valence-electron chi connectivity index (χ1n) is 6.49. The summed E-state index contributed by atoms with van der Waals surface area (Å²) in [6.45, 7) is 4.68. The minimum atomic E-state index is -0.786. The molecule has 1 aromatic rings. The second-order valence-corrected chi connectivity index (χ2v) is 4.99. The van der Waals surface area contributed by atoms with Gasteiger partial charge in [-0.2, -0.15) is 0 Å². The molecule has 0 fully saturated rings. The number of carboxylic acids is 1. The molecule has 0 saturated carbocycles. The number of hydrogen-bond acceptors (Lipinski definition) is 2. The van der Waals surface area contributed by atoms with Crippen LogP contribution in [0, 0.1) is 0 Å². The van der Waals surface area contributed by atoms with E-state index in [2.05, 4.69) is 6.92 Å². The Kier molecular flexibility index (Phi) is 5.35. The Bertz CT molecular complexity index is 377. The number of benzene rings is 1. The maximum Gasteiger partial charge on any atom is 0.323 e. The van der Waals surface area contributed by atoms with Gasteiger partial charge in [0.15, 0.2) is 0 Å². The summed E-state index contributed by atoms with van der Waals surface area (Å²) in [4.78, 5) is 13.5. The average molecular weight is 249 g/mol. The van der Waals surface area contributed by atoms with Gasteiger partial charge in [-0.1, -0.05) is 37.3 Å². The number of carbonyl (C=O) groups is 1. The van der Waals surface area contributed by atoms with E-state index >= 15 is 0 Å². The molecule has 0 aliphatic heterocycles. The Hall–Kier alpha value is -1.35. The standard InChI is InChI=1S/C15H23NO2/c1-4-12-16(3)15(2,14(17)18)11-10-13-8-6-5-7-9-13/h5-9H,4,10-12H2,1-3H3,(H,17,18). The highest BCUT2D eigenvalue weighted by molar-refractivity contribution is 5.78. The SMILES string of the molecule is CCCN(C)C(C)(CCc1ccccc1)C(=O)O. The lowest BCUT2D eigenvalue weighted by atomic mass is 9.91. The highest BCUT2D eigenvalue weighted by Crippen LogP contribution is 2.21. The fraction of sp³-hybridized carbons (Fsp3) is 0.533. The van der Waals surface area contributed by atoms with Gasteiger partial charge in [0.05, 0.1) is 0 Å². The summed E-state index contributed by atoms with van der Waals surface area (Å²) in [5.41, 5.74) is 0.404. The molecule has 3 heteroatoms. The van der Waals surface area contributed by atoms with Crippen LogP contribution in [-0.2, 0) is 11.2 Å². The number of hydrogen-bond donors (Lipinski definition) is 1. The molecular formula is C15H23NO2. The molecule has 100 valence electrons. The van der Waals surface area contributed by atoms with Crippen LogP contribution in [0.15, 0.2) is 30.3 Å². The number of rotatable bonds is 7. The summed E-state index contributed by atoms with van der Waals surface area (Å²) in [6, 6.07) is 10.0. The first-order chi connectivity index (χ1) is 8.50. The molecule has 1 unspecified atom stereocenters. The van der Waals surface area contributed by atoms with Crippen molar-refractivity contribution in [1.29, 1.82) is 0 Å². The van der Waals surface area contributed by atoms with E-state index in [1.54, 1.807) is 0 Å². The molecule has 3 nitrogen and oxygen atoms in total. The van der Waals surface area contributed by atoms with Crippen molar-refractivity contribution in [3.63, 3.8) is 0 Å².